The van der Waals surface area contributed by atoms with Crippen LogP contribution in [-0.2, 0) is 0 Å². The largest absolute Gasteiger partial charge is 0.374 e. The van der Waals surface area contributed by atoms with Gasteiger partial charge in [-0.2, -0.15) is 5.26 Å². The summed E-state index contributed by atoms with van der Waals surface area (Å²) in [6.45, 7) is 9.88. The fourth-order valence-corrected chi connectivity index (χ4v) is 1.89. The third-order valence-electron chi connectivity index (χ3n) is 3.00. The highest BCUT2D eigenvalue weighted by molar-refractivity contribution is 5.74. The van der Waals surface area contributed by atoms with Gasteiger partial charge in [0.05, 0.1) is 6.07 Å². The quantitative estimate of drug-likeness (QED) is 0.817. The van der Waals surface area contributed by atoms with Crippen LogP contribution in [0.4, 0.5) is 0 Å². The second kappa shape index (κ2) is 6.18. The molecule has 1 N–H and O–H groups in total. The van der Waals surface area contributed by atoms with Crippen molar-refractivity contribution in [3.8, 4) is 6.07 Å². The van der Waals surface area contributed by atoms with E-state index in [1.165, 1.54) is 0 Å². The second-order valence-electron chi connectivity index (χ2n) is 4.42. The minimum atomic E-state index is -1.03. The Kier molecular flexibility index (Phi) is 4.88. The average Bonchev–Trinajstić information content (AvgIpc) is 2.36. The molecule has 1 aromatic rings. The maximum atomic E-state index is 9.65. The average molecular weight is 241 g/mol. The molecule has 1 unspecified atom stereocenters. The number of hydrogen-bond donors (Lipinski definition) is 1. The van der Waals surface area contributed by atoms with Crippen LogP contribution in [0.3, 0.4) is 0 Å². The molecular weight excluding hydrogens is 222 g/mol. The molecule has 0 fully saturated rings. The number of hydrogen-bond acceptors (Lipinski definition) is 2. The van der Waals surface area contributed by atoms with Crippen LogP contribution in [0.5, 0.6) is 0 Å². The number of nitriles is 1. The standard InChI is InChI=1S/C16H19NO/c1-5-13(16(18)10-17)9-15-12(4)7-6-8-14(15)11(2)3/h6-9,16,18H,2,5H2,1,3-4H3/b13-9+. The van der Waals surface area contributed by atoms with E-state index in [0.717, 1.165) is 27.8 Å². The van der Waals surface area contributed by atoms with Gasteiger partial charge < -0.3 is 5.11 Å². The number of allylic oxidation sites excluding steroid dienone is 1. The predicted octanol–water partition coefficient (Wildman–Crippen LogP) is 3.71. The van der Waals surface area contributed by atoms with E-state index in [4.69, 9.17) is 5.26 Å². The van der Waals surface area contributed by atoms with E-state index in [1.54, 1.807) is 0 Å². The third-order valence-corrected chi connectivity index (χ3v) is 3.00. The summed E-state index contributed by atoms with van der Waals surface area (Å²) in [5.41, 5.74) is 4.93. The molecule has 0 saturated heterocycles. The molecule has 1 aromatic carbocycles. The Labute approximate surface area is 109 Å². The maximum Gasteiger partial charge on any atom is 0.162 e. The summed E-state index contributed by atoms with van der Waals surface area (Å²) >= 11 is 0. The van der Waals surface area contributed by atoms with Crippen LogP contribution in [0.25, 0.3) is 11.6 Å². The monoisotopic (exact) mass is 241 g/mol. The molecule has 0 amide bonds. The molecule has 0 aliphatic rings. The molecule has 2 nitrogen and oxygen atoms in total. The first-order valence-corrected chi connectivity index (χ1v) is 6.04. The zero-order valence-corrected chi connectivity index (χ0v) is 11.2. The van der Waals surface area contributed by atoms with Gasteiger partial charge in [-0.1, -0.05) is 43.4 Å². The molecule has 0 aromatic heterocycles. The van der Waals surface area contributed by atoms with Gasteiger partial charge >= 0.3 is 0 Å². The molecule has 0 spiro atoms. The summed E-state index contributed by atoms with van der Waals surface area (Å²) < 4.78 is 0. The summed E-state index contributed by atoms with van der Waals surface area (Å²) in [5.74, 6) is 0. The van der Waals surface area contributed by atoms with Crippen molar-refractivity contribution in [2.45, 2.75) is 33.3 Å². The molecule has 0 heterocycles. The van der Waals surface area contributed by atoms with Crippen molar-refractivity contribution in [2.75, 3.05) is 0 Å². The van der Waals surface area contributed by atoms with Crippen molar-refractivity contribution >= 4 is 11.6 Å². The molecule has 94 valence electrons. The zero-order valence-electron chi connectivity index (χ0n) is 11.2. The van der Waals surface area contributed by atoms with Gasteiger partial charge in [-0.15, -0.1) is 0 Å². The van der Waals surface area contributed by atoms with Crippen molar-refractivity contribution in [3.63, 3.8) is 0 Å². The molecule has 0 radical (unpaired) electrons. The van der Waals surface area contributed by atoms with E-state index in [1.807, 2.05) is 51.1 Å². The molecule has 1 rings (SSSR count). The third kappa shape index (κ3) is 3.09. The first-order chi connectivity index (χ1) is 8.51. The lowest BCUT2D eigenvalue weighted by molar-refractivity contribution is 0.263. The Hall–Kier alpha value is -1.85. The van der Waals surface area contributed by atoms with E-state index >= 15 is 0 Å². The van der Waals surface area contributed by atoms with Gasteiger partial charge in [0.1, 0.15) is 0 Å². The normalized spacial score (nSPS) is 12.9. The molecule has 18 heavy (non-hydrogen) atoms. The van der Waals surface area contributed by atoms with Crippen molar-refractivity contribution in [3.05, 3.63) is 47.0 Å². The van der Waals surface area contributed by atoms with Crippen LogP contribution in [0.2, 0.25) is 0 Å². The van der Waals surface area contributed by atoms with Crippen LogP contribution in [0, 0.1) is 18.3 Å². The van der Waals surface area contributed by atoms with Gasteiger partial charge in [0.25, 0.3) is 0 Å². The van der Waals surface area contributed by atoms with Crippen LogP contribution in [0.1, 0.15) is 37.0 Å². The number of aliphatic hydroxyl groups excluding tert-OH is 1. The van der Waals surface area contributed by atoms with Crippen molar-refractivity contribution in [2.24, 2.45) is 0 Å². The summed E-state index contributed by atoms with van der Waals surface area (Å²) in [7, 11) is 0. The SMILES string of the molecule is C=C(C)c1cccc(C)c1/C=C(\CC)C(O)C#N. The van der Waals surface area contributed by atoms with E-state index in [9.17, 15) is 5.11 Å². The summed E-state index contributed by atoms with van der Waals surface area (Å²) in [6, 6.07) is 7.88. The lowest BCUT2D eigenvalue weighted by atomic mass is 9.94. The molecular formula is C16H19NO. The van der Waals surface area contributed by atoms with E-state index in [2.05, 4.69) is 6.58 Å². The maximum absolute atomic E-state index is 9.65. The molecule has 0 saturated carbocycles. The number of nitrogens with zero attached hydrogens (tertiary/aromatic N) is 1. The summed E-state index contributed by atoms with van der Waals surface area (Å²) in [4.78, 5) is 0. The fraction of sp³-hybridized carbons (Fsp3) is 0.312. The minimum absolute atomic E-state index is 0.651. The Morgan fingerprint density at radius 2 is 2.22 bits per heavy atom. The van der Waals surface area contributed by atoms with Crippen LogP contribution >= 0.6 is 0 Å². The van der Waals surface area contributed by atoms with Gasteiger partial charge in [-0.3, -0.25) is 0 Å². The summed E-state index contributed by atoms with van der Waals surface area (Å²) in [6.07, 6.45) is 1.53. The topological polar surface area (TPSA) is 44.0 Å². The Bertz CT molecular complexity index is 520. The van der Waals surface area contributed by atoms with E-state index in [0.29, 0.717) is 6.42 Å². The van der Waals surface area contributed by atoms with Gasteiger partial charge in [-0.25, -0.2) is 0 Å². The highest BCUT2D eigenvalue weighted by Gasteiger charge is 2.10. The zero-order chi connectivity index (χ0) is 13.7. The van der Waals surface area contributed by atoms with Crippen molar-refractivity contribution in [1.29, 1.82) is 5.26 Å². The fourth-order valence-electron chi connectivity index (χ4n) is 1.89. The molecule has 1 atom stereocenters. The Balaban J connectivity index is 3.37. The van der Waals surface area contributed by atoms with E-state index in [-0.39, 0.29) is 0 Å². The van der Waals surface area contributed by atoms with Crippen LogP contribution in [-0.4, -0.2) is 11.2 Å². The first kappa shape index (κ1) is 14.2. The van der Waals surface area contributed by atoms with Gasteiger partial charge in [0.2, 0.25) is 0 Å². The number of benzene rings is 1. The smallest absolute Gasteiger partial charge is 0.162 e. The number of rotatable bonds is 4. The Morgan fingerprint density at radius 1 is 1.56 bits per heavy atom. The number of aliphatic hydroxyl groups is 1. The molecule has 0 bridgehead atoms. The summed E-state index contributed by atoms with van der Waals surface area (Å²) in [5, 5.41) is 18.5. The minimum Gasteiger partial charge on any atom is -0.374 e. The number of aryl methyl sites for hydroxylation is 1. The van der Waals surface area contributed by atoms with E-state index < -0.39 is 6.10 Å². The lowest BCUT2D eigenvalue weighted by Crippen LogP contribution is -2.06. The lowest BCUT2D eigenvalue weighted by Gasteiger charge is -2.12. The molecule has 0 aliphatic heterocycles. The predicted molar refractivity (Wildman–Crippen MR) is 75.8 cm³/mol. The van der Waals surface area contributed by atoms with Gasteiger partial charge in [-0.05, 0) is 42.5 Å². The second-order valence-corrected chi connectivity index (χ2v) is 4.42. The van der Waals surface area contributed by atoms with Gasteiger partial charge in [0.15, 0.2) is 6.10 Å². The van der Waals surface area contributed by atoms with Crippen molar-refractivity contribution < 1.29 is 5.11 Å². The van der Waals surface area contributed by atoms with Crippen LogP contribution < -0.4 is 0 Å². The Morgan fingerprint density at radius 3 is 2.72 bits per heavy atom. The van der Waals surface area contributed by atoms with Crippen LogP contribution in [0.15, 0.2) is 30.4 Å². The molecule has 2 heteroatoms. The molecule has 0 aliphatic carbocycles. The van der Waals surface area contributed by atoms with Gasteiger partial charge in [0, 0.05) is 0 Å². The highest BCUT2D eigenvalue weighted by atomic mass is 16.3. The first-order valence-electron chi connectivity index (χ1n) is 6.04. The van der Waals surface area contributed by atoms with Crippen molar-refractivity contribution in [1.82, 2.24) is 0 Å². The highest BCUT2D eigenvalue weighted by Crippen LogP contribution is 2.25.